The summed E-state index contributed by atoms with van der Waals surface area (Å²) in [6, 6.07) is 16.1. The molecule has 0 spiro atoms. The number of anilines is 1. The molecule has 0 aromatic heterocycles. The highest BCUT2D eigenvalue weighted by Crippen LogP contribution is 2.11. The molecule has 0 aliphatic carbocycles. The predicted octanol–water partition coefficient (Wildman–Crippen LogP) is 2.08. The highest BCUT2D eigenvalue weighted by Gasteiger charge is 2.09. The van der Waals surface area contributed by atoms with E-state index in [9.17, 15) is 14.4 Å². The third kappa shape index (κ3) is 6.05. The lowest BCUT2D eigenvalue weighted by Crippen LogP contribution is -2.28. The van der Waals surface area contributed by atoms with Gasteiger partial charge in [-0.2, -0.15) is 0 Å². The molecule has 0 saturated heterocycles. The minimum Gasteiger partial charge on any atom is -0.355 e. The third-order valence-electron chi connectivity index (χ3n) is 3.70. The molecule has 0 atom stereocenters. The Kier molecular flexibility index (Phi) is 6.91. The molecule has 0 aliphatic rings. The van der Waals surface area contributed by atoms with Crippen molar-refractivity contribution < 1.29 is 14.4 Å². The Morgan fingerprint density at radius 1 is 0.885 bits per heavy atom. The van der Waals surface area contributed by atoms with Gasteiger partial charge in [0, 0.05) is 38.3 Å². The molecular formula is C20H23N3O3. The summed E-state index contributed by atoms with van der Waals surface area (Å²) in [6.45, 7) is 0.273. The zero-order valence-corrected chi connectivity index (χ0v) is 15.0. The van der Waals surface area contributed by atoms with E-state index in [2.05, 4.69) is 10.6 Å². The van der Waals surface area contributed by atoms with Crippen molar-refractivity contribution in [3.63, 3.8) is 0 Å². The first kappa shape index (κ1) is 19.2. The first-order valence-corrected chi connectivity index (χ1v) is 8.38. The van der Waals surface area contributed by atoms with Crippen molar-refractivity contribution in [1.29, 1.82) is 0 Å². The van der Waals surface area contributed by atoms with Crippen molar-refractivity contribution in [2.45, 2.75) is 12.8 Å². The molecule has 0 saturated carbocycles. The molecule has 6 nitrogen and oxygen atoms in total. The fourth-order valence-electron chi connectivity index (χ4n) is 2.34. The lowest BCUT2D eigenvalue weighted by atomic mass is 10.1. The van der Waals surface area contributed by atoms with E-state index < -0.39 is 0 Å². The van der Waals surface area contributed by atoms with Crippen LogP contribution in [0.1, 0.15) is 22.3 Å². The second-order valence-electron chi connectivity index (χ2n) is 6.09. The van der Waals surface area contributed by atoms with Gasteiger partial charge in [0.15, 0.2) is 0 Å². The number of amides is 3. The monoisotopic (exact) mass is 353 g/mol. The van der Waals surface area contributed by atoms with Gasteiger partial charge in [-0.3, -0.25) is 14.4 Å². The molecule has 0 radical (unpaired) electrons. The van der Waals surface area contributed by atoms with Gasteiger partial charge in [-0.25, -0.2) is 0 Å². The van der Waals surface area contributed by atoms with Gasteiger partial charge in [-0.05, 0) is 29.8 Å². The largest absolute Gasteiger partial charge is 0.355 e. The SMILES string of the molecule is CN(C)C(=O)c1ccc(NC(=O)CCNC(=O)Cc2ccccc2)cc1. The topological polar surface area (TPSA) is 78.5 Å². The minimum atomic E-state index is -0.198. The van der Waals surface area contributed by atoms with Crippen LogP contribution in [0, 0.1) is 0 Å². The summed E-state index contributed by atoms with van der Waals surface area (Å²) in [5.74, 6) is -0.406. The lowest BCUT2D eigenvalue weighted by Gasteiger charge is -2.11. The smallest absolute Gasteiger partial charge is 0.253 e. The van der Waals surface area contributed by atoms with Crippen LogP contribution in [0.15, 0.2) is 54.6 Å². The van der Waals surface area contributed by atoms with Crippen LogP contribution in [-0.2, 0) is 16.0 Å². The Bertz CT molecular complexity index is 756. The fourth-order valence-corrected chi connectivity index (χ4v) is 2.34. The van der Waals surface area contributed by atoms with E-state index in [1.165, 1.54) is 4.90 Å². The molecule has 2 aromatic rings. The standard InChI is InChI=1S/C20H23N3O3/c1-23(2)20(26)16-8-10-17(11-9-16)22-18(24)12-13-21-19(25)14-15-6-4-3-5-7-15/h3-11H,12-14H2,1-2H3,(H,21,25)(H,22,24). The number of hydrogen-bond acceptors (Lipinski definition) is 3. The number of carbonyl (C=O) groups excluding carboxylic acids is 3. The molecule has 2 aromatic carbocycles. The summed E-state index contributed by atoms with van der Waals surface area (Å²) in [7, 11) is 3.37. The highest BCUT2D eigenvalue weighted by atomic mass is 16.2. The molecular weight excluding hydrogens is 330 g/mol. The second kappa shape index (κ2) is 9.36. The predicted molar refractivity (Wildman–Crippen MR) is 101 cm³/mol. The average molecular weight is 353 g/mol. The van der Waals surface area contributed by atoms with Crippen molar-refractivity contribution in [2.24, 2.45) is 0 Å². The summed E-state index contributed by atoms with van der Waals surface area (Å²) in [4.78, 5) is 37.1. The third-order valence-corrected chi connectivity index (χ3v) is 3.70. The van der Waals surface area contributed by atoms with Crippen LogP contribution in [0.25, 0.3) is 0 Å². The maximum Gasteiger partial charge on any atom is 0.253 e. The Labute approximate surface area is 153 Å². The van der Waals surface area contributed by atoms with Gasteiger partial charge in [0.25, 0.3) is 5.91 Å². The van der Waals surface area contributed by atoms with Gasteiger partial charge < -0.3 is 15.5 Å². The second-order valence-corrected chi connectivity index (χ2v) is 6.09. The zero-order chi connectivity index (χ0) is 18.9. The van der Waals surface area contributed by atoms with Gasteiger partial charge in [0.05, 0.1) is 6.42 Å². The van der Waals surface area contributed by atoms with E-state index in [1.807, 2.05) is 30.3 Å². The van der Waals surface area contributed by atoms with E-state index in [4.69, 9.17) is 0 Å². The van der Waals surface area contributed by atoms with Gasteiger partial charge in [0.1, 0.15) is 0 Å². The molecule has 2 rings (SSSR count). The van der Waals surface area contributed by atoms with Crippen LogP contribution in [0.3, 0.4) is 0 Å². The quantitative estimate of drug-likeness (QED) is 0.800. The molecule has 0 heterocycles. The van der Waals surface area contributed by atoms with E-state index >= 15 is 0 Å². The van der Waals surface area contributed by atoms with Crippen LogP contribution in [0.4, 0.5) is 5.69 Å². The summed E-state index contributed by atoms with van der Waals surface area (Å²) >= 11 is 0. The fraction of sp³-hybridized carbons (Fsp3) is 0.250. The normalized spacial score (nSPS) is 10.1. The molecule has 0 aliphatic heterocycles. The Hall–Kier alpha value is -3.15. The molecule has 136 valence electrons. The summed E-state index contributed by atoms with van der Waals surface area (Å²) in [5, 5.41) is 5.48. The first-order valence-electron chi connectivity index (χ1n) is 8.38. The number of hydrogen-bond donors (Lipinski definition) is 2. The van der Waals surface area contributed by atoms with Gasteiger partial charge in [0.2, 0.25) is 11.8 Å². The van der Waals surface area contributed by atoms with Crippen LogP contribution >= 0.6 is 0 Å². The first-order chi connectivity index (χ1) is 12.5. The molecule has 3 amide bonds. The lowest BCUT2D eigenvalue weighted by molar-refractivity contribution is -0.120. The number of nitrogens with one attached hydrogen (secondary N) is 2. The average Bonchev–Trinajstić information content (AvgIpc) is 2.62. The summed E-state index contributed by atoms with van der Waals surface area (Å²) in [5.41, 5.74) is 2.10. The Morgan fingerprint density at radius 3 is 2.15 bits per heavy atom. The number of benzene rings is 2. The van der Waals surface area contributed by atoms with Crippen molar-refractivity contribution >= 4 is 23.4 Å². The minimum absolute atomic E-state index is 0.0935. The van der Waals surface area contributed by atoms with Gasteiger partial charge in [-0.1, -0.05) is 30.3 Å². The van der Waals surface area contributed by atoms with Crippen molar-refractivity contribution in [2.75, 3.05) is 26.0 Å². The van der Waals surface area contributed by atoms with Crippen LogP contribution in [0.2, 0.25) is 0 Å². The molecule has 0 fully saturated rings. The number of nitrogens with zero attached hydrogens (tertiary/aromatic N) is 1. The maximum atomic E-state index is 11.9. The number of carbonyl (C=O) groups is 3. The highest BCUT2D eigenvalue weighted by molar-refractivity contribution is 5.95. The van der Waals surface area contributed by atoms with E-state index in [0.29, 0.717) is 17.7 Å². The van der Waals surface area contributed by atoms with E-state index in [0.717, 1.165) is 5.56 Å². The number of rotatable bonds is 7. The summed E-state index contributed by atoms with van der Waals surface area (Å²) < 4.78 is 0. The Balaban J connectivity index is 1.73. The van der Waals surface area contributed by atoms with Gasteiger partial charge >= 0.3 is 0 Å². The van der Waals surface area contributed by atoms with Gasteiger partial charge in [-0.15, -0.1) is 0 Å². The van der Waals surface area contributed by atoms with Crippen molar-refractivity contribution in [3.05, 3.63) is 65.7 Å². The zero-order valence-electron chi connectivity index (χ0n) is 15.0. The van der Waals surface area contributed by atoms with E-state index in [1.54, 1.807) is 38.4 Å². The van der Waals surface area contributed by atoms with Crippen LogP contribution in [-0.4, -0.2) is 43.3 Å². The molecule has 26 heavy (non-hydrogen) atoms. The van der Waals surface area contributed by atoms with Crippen molar-refractivity contribution in [1.82, 2.24) is 10.2 Å². The molecule has 0 bridgehead atoms. The molecule has 2 N–H and O–H groups in total. The Morgan fingerprint density at radius 2 is 1.54 bits per heavy atom. The summed E-state index contributed by atoms with van der Waals surface area (Å²) in [6.07, 6.45) is 0.475. The van der Waals surface area contributed by atoms with Crippen molar-refractivity contribution in [3.8, 4) is 0 Å². The van der Waals surface area contributed by atoms with E-state index in [-0.39, 0.29) is 30.7 Å². The maximum absolute atomic E-state index is 11.9. The molecule has 6 heteroatoms. The van der Waals surface area contributed by atoms with Crippen LogP contribution < -0.4 is 10.6 Å². The van der Waals surface area contributed by atoms with Crippen LogP contribution in [0.5, 0.6) is 0 Å². The molecule has 0 unspecified atom stereocenters.